The second-order valence-corrected chi connectivity index (χ2v) is 7.06. The highest BCUT2D eigenvalue weighted by Gasteiger charge is 2.15. The molecule has 0 saturated carbocycles. The lowest BCUT2D eigenvalue weighted by molar-refractivity contribution is -0.119. The van der Waals surface area contributed by atoms with E-state index in [2.05, 4.69) is 20.8 Å². The van der Waals surface area contributed by atoms with Gasteiger partial charge in [0.05, 0.1) is 17.5 Å². The number of carbonyl (C=O) groups excluding carboxylic acids is 1. The van der Waals surface area contributed by atoms with Gasteiger partial charge in [0.1, 0.15) is 5.75 Å². The molecule has 0 radical (unpaired) electrons. The highest BCUT2D eigenvalue weighted by atomic mass is 32.2. The molecule has 0 unspecified atom stereocenters. The molecule has 7 nitrogen and oxygen atoms in total. The maximum absolute atomic E-state index is 12.4. The van der Waals surface area contributed by atoms with Crippen molar-refractivity contribution in [1.29, 1.82) is 0 Å². The minimum atomic E-state index is -0.0762. The van der Waals surface area contributed by atoms with Gasteiger partial charge >= 0.3 is 0 Å². The standard InChI is InChI=1S/C19H21N5O2S/c1-3-17(14-6-4-13(2)5-7-14)20-18(26)12-27-19-21-22-23-24(19)15-8-10-16(25)11-9-15/h4-11,17,25H,3,12H2,1-2H3,(H,20,26)/t17-/m1/s1. The van der Waals surface area contributed by atoms with Crippen molar-refractivity contribution < 1.29 is 9.90 Å². The van der Waals surface area contributed by atoms with Crippen molar-refractivity contribution in [3.63, 3.8) is 0 Å². The van der Waals surface area contributed by atoms with Crippen LogP contribution in [0.5, 0.6) is 5.75 Å². The largest absolute Gasteiger partial charge is 0.508 e. The third kappa shape index (κ3) is 4.85. The number of tetrazole rings is 1. The van der Waals surface area contributed by atoms with Crippen LogP contribution in [0.1, 0.15) is 30.5 Å². The number of rotatable bonds is 7. The van der Waals surface area contributed by atoms with Crippen molar-refractivity contribution in [2.24, 2.45) is 0 Å². The minimum absolute atomic E-state index is 0.0215. The Morgan fingerprint density at radius 2 is 1.89 bits per heavy atom. The van der Waals surface area contributed by atoms with Crippen LogP contribution in [0.25, 0.3) is 5.69 Å². The molecule has 140 valence electrons. The van der Waals surface area contributed by atoms with Crippen molar-refractivity contribution in [1.82, 2.24) is 25.5 Å². The number of nitrogens with one attached hydrogen (secondary N) is 1. The first-order chi connectivity index (χ1) is 13.1. The lowest BCUT2D eigenvalue weighted by Gasteiger charge is -2.17. The van der Waals surface area contributed by atoms with Crippen molar-refractivity contribution in [2.45, 2.75) is 31.5 Å². The van der Waals surface area contributed by atoms with E-state index in [0.29, 0.717) is 10.8 Å². The van der Waals surface area contributed by atoms with Crippen molar-refractivity contribution in [3.05, 3.63) is 59.7 Å². The van der Waals surface area contributed by atoms with Gasteiger partial charge in [0.25, 0.3) is 0 Å². The maximum Gasteiger partial charge on any atom is 0.230 e. The van der Waals surface area contributed by atoms with Gasteiger partial charge < -0.3 is 10.4 Å². The van der Waals surface area contributed by atoms with Gasteiger partial charge in [-0.2, -0.15) is 4.68 Å². The molecule has 0 spiro atoms. The summed E-state index contributed by atoms with van der Waals surface area (Å²) in [5.74, 6) is 0.302. The number of aryl methyl sites for hydroxylation is 1. The molecular formula is C19H21N5O2S. The Morgan fingerprint density at radius 1 is 1.19 bits per heavy atom. The Hall–Kier alpha value is -2.87. The fourth-order valence-corrected chi connectivity index (χ4v) is 3.31. The SMILES string of the molecule is CC[C@@H](NC(=O)CSc1nnnn1-c1ccc(O)cc1)c1ccc(C)cc1. The number of benzene rings is 2. The van der Waals surface area contributed by atoms with Crippen molar-refractivity contribution >= 4 is 17.7 Å². The molecule has 0 aliphatic rings. The van der Waals surface area contributed by atoms with Crippen LogP contribution in [0.2, 0.25) is 0 Å². The van der Waals surface area contributed by atoms with E-state index < -0.39 is 0 Å². The molecule has 1 amide bonds. The molecule has 0 aliphatic heterocycles. The second kappa shape index (κ2) is 8.68. The molecule has 1 heterocycles. The Kier molecular flexibility index (Phi) is 6.08. The van der Waals surface area contributed by atoms with E-state index in [-0.39, 0.29) is 23.5 Å². The summed E-state index contributed by atoms with van der Waals surface area (Å²) in [6.45, 7) is 4.08. The van der Waals surface area contributed by atoms with Crippen molar-refractivity contribution in [2.75, 3.05) is 5.75 Å². The monoisotopic (exact) mass is 383 g/mol. The summed E-state index contributed by atoms with van der Waals surface area (Å²) in [6.07, 6.45) is 0.810. The topological polar surface area (TPSA) is 92.9 Å². The van der Waals surface area contributed by atoms with E-state index in [1.165, 1.54) is 22.0 Å². The zero-order valence-corrected chi connectivity index (χ0v) is 16.0. The van der Waals surface area contributed by atoms with Gasteiger partial charge in [0, 0.05) is 0 Å². The van der Waals surface area contributed by atoms with E-state index in [1.807, 2.05) is 38.1 Å². The van der Waals surface area contributed by atoms with Crippen LogP contribution in [0, 0.1) is 6.92 Å². The van der Waals surface area contributed by atoms with Crippen LogP contribution in [-0.4, -0.2) is 37.0 Å². The Labute approximate surface area is 161 Å². The summed E-state index contributed by atoms with van der Waals surface area (Å²) >= 11 is 1.26. The van der Waals surface area contributed by atoms with E-state index in [1.54, 1.807) is 24.3 Å². The van der Waals surface area contributed by atoms with Crippen LogP contribution < -0.4 is 5.32 Å². The minimum Gasteiger partial charge on any atom is -0.508 e. The Morgan fingerprint density at radius 3 is 2.56 bits per heavy atom. The Balaban J connectivity index is 1.62. The number of aromatic hydroxyl groups is 1. The number of hydrogen-bond donors (Lipinski definition) is 2. The predicted octanol–water partition coefficient (Wildman–Crippen LogP) is 3.04. The molecule has 8 heteroatoms. The van der Waals surface area contributed by atoms with Crippen LogP contribution in [0.4, 0.5) is 0 Å². The lowest BCUT2D eigenvalue weighted by Crippen LogP contribution is -2.29. The summed E-state index contributed by atoms with van der Waals surface area (Å²) in [6, 6.07) is 14.7. The number of phenolic OH excluding ortho intramolecular Hbond substituents is 1. The van der Waals surface area contributed by atoms with Gasteiger partial charge in [0.15, 0.2) is 0 Å². The number of amides is 1. The first-order valence-electron chi connectivity index (χ1n) is 8.63. The van der Waals surface area contributed by atoms with Gasteiger partial charge in [-0.1, -0.05) is 48.5 Å². The van der Waals surface area contributed by atoms with E-state index in [4.69, 9.17) is 0 Å². The molecular weight excluding hydrogens is 362 g/mol. The van der Waals surface area contributed by atoms with Gasteiger partial charge in [0.2, 0.25) is 11.1 Å². The average molecular weight is 383 g/mol. The van der Waals surface area contributed by atoms with E-state index >= 15 is 0 Å². The number of aromatic nitrogens is 4. The maximum atomic E-state index is 12.4. The quantitative estimate of drug-likeness (QED) is 0.609. The zero-order chi connectivity index (χ0) is 19.2. The summed E-state index contributed by atoms with van der Waals surface area (Å²) in [7, 11) is 0. The summed E-state index contributed by atoms with van der Waals surface area (Å²) < 4.78 is 1.54. The molecule has 0 aliphatic carbocycles. The highest BCUT2D eigenvalue weighted by Crippen LogP contribution is 2.21. The molecule has 1 aromatic heterocycles. The Bertz CT molecular complexity index is 893. The fraction of sp³-hybridized carbons (Fsp3) is 0.263. The normalized spacial score (nSPS) is 11.9. The van der Waals surface area contributed by atoms with Gasteiger partial charge in [-0.3, -0.25) is 4.79 Å². The van der Waals surface area contributed by atoms with Crippen LogP contribution >= 0.6 is 11.8 Å². The first-order valence-corrected chi connectivity index (χ1v) is 9.62. The smallest absolute Gasteiger partial charge is 0.230 e. The third-order valence-electron chi connectivity index (χ3n) is 4.09. The number of hydrogen-bond acceptors (Lipinski definition) is 6. The molecule has 3 aromatic rings. The molecule has 27 heavy (non-hydrogen) atoms. The second-order valence-electron chi connectivity index (χ2n) is 6.12. The third-order valence-corrected chi connectivity index (χ3v) is 5.01. The average Bonchev–Trinajstić information content (AvgIpc) is 3.14. The number of nitrogens with zero attached hydrogens (tertiary/aromatic N) is 4. The van der Waals surface area contributed by atoms with Gasteiger partial charge in [-0.05, 0) is 53.6 Å². The van der Waals surface area contributed by atoms with E-state index in [9.17, 15) is 9.90 Å². The first kappa shape index (κ1) is 18.9. The molecule has 2 N–H and O–H groups in total. The molecule has 0 bridgehead atoms. The summed E-state index contributed by atoms with van der Waals surface area (Å²) in [5.41, 5.74) is 3.00. The number of thioether (sulfide) groups is 1. The zero-order valence-electron chi connectivity index (χ0n) is 15.2. The van der Waals surface area contributed by atoms with Gasteiger partial charge in [-0.15, -0.1) is 5.10 Å². The number of carbonyl (C=O) groups is 1. The lowest BCUT2D eigenvalue weighted by atomic mass is 10.0. The van der Waals surface area contributed by atoms with Gasteiger partial charge in [-0.25, -0.2) is 0 Å². The molecule has 3 rings (SSSR count). The van der Waals surface area contributed by atoms with Crippen molar-refractivity contribution in [3.8, 4) is 11.4 Å². The van der Waals surface area contributed by atoms with Crippen LogP contribution in [0.15, 0.2) is 53.7 Å². The van der Waals surface area contributed by atoms with Crippen LogP contribution in [-0.2, 0) is 4.79 Å². The van der Waals surface area contributed by atoms with E-state index in [0.717, 1.165) is 12.0 Å². The number of phenols is 1. The molecule has 2 aromatic carbocycles. The molecule has 0 fully saturated rings. The summed E-state index contributed by atoms with van der Waals surface area (Å²) in [4.78, 5) is 12.4. The highest BCUT2D eigenvalue weighted by molar-refractivity contribution is 7.99. The predicted molar refractivity (Wildman–Crippen MR) is 104 cm³/mol. The van der Waals surface area contributed by atoms with Crippen LogP contribution in [0.3, 0.4) is 0 Å². The molecule has 0 saturated heterocycles. The molecule has 1 atom stereocenters. The fourth-order valence-electron chi connectivity index (χ4n) is 2.61. The summed E-state index contributed by atoms with van der Waals surface area (Å²) in [5, 5.41) is 24.6.